The van der Waals surface area contributed by atoms with Crippen LogP contribution in [0.15, 0.2) is 0 Å². The first-order valence-electron chi connectivity index (χ1n) is 3.50. The summed E-state index contributed by atoms with van der Waals surface area (Å²) in [5.74, 6) is -1.02. The molecular weight excluding hydrogens is 260 g/mol. The normalized spacial score (nSPS) is 15.9. The van der Waals surface area contributed by atoms with Crippen LogP contribution in [0.1, 0.15) is 13.3 Å². The molecule has 0 aromatic heterocycles. The Labute approximate surface area is 76.9 Å². The first-order chi connectivity index (χ1) is 5.13. The van der Waals surface area contributed by atoms with Crippen LogP contribution in [-0.2, 0) is 4.79 Å². The average molecular weight is 274 g/mol. The molecule has 0 amide bonds. The second-order valence-electron chi connectivity index (χ2n) is 2.41. The molecule has 0 spiro atoms. The Morgan fingerprint density at radius 2 is 2.18 bits per heavy atom. The Morgan fingerprint density at radius 1 is 1.64 bits per heavy atom. The first-order valence-corrected chi connectivity index (χ1v) is 7.17. The third kappa shape index (κ3) is 3.95. The van der Waals surface area contributed by atoms with Crippen LogP contribution in [0.25, 0.3) is 0 Å². The Balaban J connectivity index is 3.91. The van der Waals surface area contributed by atoms with E-state index in [0.29, 0.717) is 6.42 Å². The molecule has 2 atom stereocenters. The minimum absolute atomic E-state index is 0.112. The van der Waals surface area contributed by atoms with Gasteiger partial charge < -0.3 is 0 Å². The van der Waals surface area contributed by atoms with Gasteiger partial charge in [0.25, 0.3) is 0 Å². The van der Waals surface area contributed by atoms with Gasteiger partial charge in [-0.1, -0.05) is 0 Å². The van der Waals surface area contributed by atoms with Crippen LogP contribution in [0.5, 0.6) is 0 Å². The molecule has 2 unspecified atom stereocenters. The molecule has 3 nitrogen and oxygen atoms in total. The van der Waals surface area contributed by atoms with Crippen molar-refractivity contribution < 1.29 is 15.0 Å². The van der Waals surface area contributed by atoms with Crippen molar-refractivity contribution in [3.8, 4) is 0 Å². The molecule has 66 valence electrons. The molecule has 0 aliphatic heterocycles. The van der Waals surface area contributed by atoms with Gasteiger partial charge in [0.2, 0.25) is 0 Å². The van der Waals surface area contributed by atoms with Crippen molar-refractivity contribution in [1.29, 1.82) is 0 Å². The van der Waals surface area contributed by atoms with Gasteiger partial charge in [-0.05, 0) is 0 Å². The van der Waals surface area contributed by atoms with E-state index in [2.05, 4.69) is 4.97 Å². The third-order valence-corrected chi connectivity index (χ3v) is 5.23. The summed E-state index contributed by atoms with van der Waals surface area (Å²) in [7, 11) is 0. The zero-order valence-electron chi connectivity index (χ0n) is 6.78. The summed E-state index contributed by atoms with van der Waals surface area (Å²) in [6.45, 7) is 1.83. The van der Waals surface area contributed by atoms with E-state index in [1.54, 1.807) is 6.92 Å². The van der Waals surface area contributed by atoms with Gasteiger partial charge >= 0.3 is 76.7 Å². The summed E-state index contributed by atoms with van der Waals surface area (Å²) in [6, 6.07) is 0. The molecule has 0 aromatic carbocycles. The number of aliphatic carboxylic acids is 1. The second-order valence-corrected chi connectivity index (χ2v) is 5.49. The van der Waals surface area contributed by atoms with Gasteiger partial charge in [0.05, 0.1) is 0 Å². The Morgan fingerprint density at radius 3 is 2.45 bits per heavy atom. The van der Waals surface area contributed by atoms with Crippen LogP contribution in [0.3, 0.4) is 0 Å². The standard InChI is InChI=1S/C7H14O3Te/c1-5(7(9)10)6(11-2)3-4-8/h5-6,8H,3-4H2,1-2H3,(H,9,10). The van der Waals surface area contributed by atoms with E-state index in [1.165, 1.54) is 0 Å². The van der Waals surface area contributed by atoms with Gasteiger partial charge in [-0.2, -0.15) is 0 Å². The fourth-order valence-corrected chi connectivity index (χ4v) is 3.33. The molecule has 0 aliphatic carbocycles. The van der Waals surface area contributed by atoms with Crippen LogP contribution in [0.4, 0.5) is 0 Å². The molecule has 0 heterocycles. The van der Waals surface area contributed by atoms with Crippen LogP contribution in [0, 0.1) is 5.92 Å². The van der Waals surface area contributed by atoms with Crippen molar-refractivity contribution in [1.82, 2.24) is 0 Å². The van der Waals surface area contributed by atoms with Crippen molar-refractivity contribution in [2.24, 2.45) is 5.92 Å². The first kappa shape index (κ1) is 11.2. The average Bonchev–Trinajstić information content (AvgIpc) is 1.98. The van der Waals surface area contributed by atoms with Gasteiger partial charge in [0.15, 0.2) is 0 Å². The quantitative estimate of drug-likeness (QED) is 0.723. The molecule has 0 rings (SSSR count). The predicted molar refractivity (Wildman–Crippen MR) is 43.9 cm³/mol. The summed E-state index contributed by atoms with van der Waals surface area (Å²) in [4.78, 5) is 12.6. The Bertz CT molecular complexity index is 127. The fraction of sp³-hybridized carbons (Fsp3) is 0.857. The van der Waals surface area contributed by atoms with E-state index in [9.17, 15) is 4.79 Å². The second kappa shape index (κ2) is 5.82. The molecule has 0 radical (unpaired) electrons. The van der Waals surface area contributed by atoms with Crippen LogP contribution in [0.2, 0.25) is 8.94 Å². The maximum atomic E-state index is 10.5. The van der Waals surface area contributed by atoms with Crippen molar-refractivity contribution >= 4 is 26.9 Å². The Hall–Kier alpha value is 0.220. The number of carbonyl (C=O) groups is 1. The van der Waals surface area contributed by atoms with Gasteiger partial charge in [-0.3, -0.25) is 0 Å². The molecule has 0 saturated carbocycles. The van der Waals surface area contributed by atoms with Gasteiger partial charge in [-0.25, -0.2) is 0 Å². The monoisotopic (exact) mass is 276 g/mol. The minimum atomic E-state index is -0.740. The van der Waals surface area contributed by atoms with Crippen LogP contribution in [-0.4, -0.2) is 43.7 Å². The number of carboxylic acids is 1. The number of carboxylic acid groups (broad SMARTS) is 1. The summed E-state index contributed by atoms with van der Waals surface area (Å²) < 4.78 is 0.239. The number of aliphatic hydroxyl groups is 1. The van der Waals surface area contributed by atoms with E-state index in [4.69, 9.17) is 10.2 Å². The van der Waals surface area contributed by atoms with E-state index in [1.807, 2.05) is 0 Å². The summed E-state index contributed by atoms with van der Waals surface area (Å²) in [5, 5.41) is 17.3. The molecule has 0 aromatic rings. The van der Waals surface area contributed by atoms with Crippen molar-refractivity contribution in [3.63, 3.8) is 0 Å². The number of rotatable bonds is 5. The summed E-state index contributed by atoms with van der Waals surface area (Å²) in [6.07, 6.45) is 0.645. The van der Waals surface area contributed by atoms with Gasteiger partial charge in [0, 0.05) is 0 Å². The van der Waals surface area contributed by atoms with E-state index in [-0.39, 0.29) is 37.4 Å². The molecule has 11 heavy (non-hydrogen) atoms. The molecule has 0 fully saturated rings. The fourth-order valence-electron chi connectivity index (χ4n) is 0.858. The van der Waals surface area contributed by atoms with Crippen molar-refractivity contribution in [2.45, 2.75) is 22.3 Å². The van der Waals surface area contributed by atoms with Crippen molar-refractivity contribution in [3.05, 3.63) is 0 Å². The summed E-state index contributed by atoms with van der Waals surface area (Å²) >= 11 is -0.242. The van der Waals surface area contributed by atoms with E-state index in [0.717, 1.165) is 0 Å². The molecular formula is C7H14O3Te. The number of aliphatic hydroxyl groups excluding tert-OH is 1. The molecule has 0 bridgehead atoms. The van der Waals surface area contributed by atoms with Crippen LogP contribution < -0.4 is 0 Å². The Kier molecular flexibility index (Phi) is 5.93. The van der Waals surface area contributed by atoms with E-state index >= 15 is 0 Å². The molecule has 4 heteroatoms. The molecule has 2 N–H and O–H groups in total. The topological polar surface area (TPSA) is 57.5 Å². The van der Waals surface area contributed by atoms with Crippen molar-refractivity contribution in [2.75, 3.05) is 6.61 Å². The third-order valence-electron chi connectivity index (χ3n) is 1.66. The predicted octanol–water partition coefficient (Wildman–Crippen LogP) is 0.630. The molecule has 0 aliphatic rings. The number of hydrogen-bond donors (Lipinski definition) is 2. The zero-order valence-corrected chi connectivity index (χ0v) is 9.11. The maximum absolute atomic E-state index is 10.5. The van der Waals surface area contributed by atoms with E-state index < -0.39 is 5.97 Å². The zero-order chi connectivity index (χ0) is 8.85. The molecule has 0 saturated heterocycles. The number of hydrogen-bond acceptors (Lipinski definition) is 2. The van der Waals surface area contributed by atoms with Gasteiger partial charge in [0.1, 0.15) is 0 Å². The van der Waals surface area contributed by atoms with Gasteiger partial charge in [-0.15, -0.1) is 0 Å². The van der Waals surface area contributed by atoms with Crippen LogP contribution >= 0.6 is 0 Å². The SMILES string of the molecule is C[Te]C(CCO)C(C)C(=O)O. The summed E-state index contributed by atoms with van der Waals surface area (Å²) in [5.41, 5.74) is 0.